The molecule has 0 amide bonds. The Balaban J connectivity index is 3.49. The van der Waals surface area contributed by atoms with E-state index < -0.39 is 0 Å². The Hall–Kier alpha value is -0.700. The maximum atomic E-state index is 7.96. The number of allylic oxidation sites excluding steroid dienone is 1. The molecule has 0 bridgehead atoms. The molecular formula is C5H10O3. The standard InChI is InChI=1S/C5H10O3/c1-3-4-5(7-2)8-6/h4,6H,3H2,1-2H3. The van der Waals surface area contributed by atoms with E-state index in [1.807, 2.05) is 6.92 Å². The molecule has 0 aliphatic rings. The monoisotopic (exact) mass is 118 g/mol. The minimum absolute atomic E-state index is 0.146. The average Bonchev–Trinajstić information content (AvgIpc) is 1.83. The van der Waals surface area contributed by atoms with Gasteiger partial charge < -0.3 is 9.62 Å². The zero-order chi connectivity index (χ0) is 6.41. The summed E-state index contributed by atoms with van der Waals surface area (Å²) in [5.41, 5.74) is 0. The van der Waals surface area contributed by atoms with Crippen molar-refractivity contribution in [1.82, 2.24) is 0 Å². The molecule has 0 aromatic rings. The van der Waals surface area contributed by atoms with Crippen LogP contribution in [0.5, 0.6) is 0 Å². The lowest BCUT2D eigenvalue weighted by atomic mass is 10.5. The molecule has 0 radical (unpaired) electrons. The van der Waals surface area contributed by atoms with E-state index in [1.54, 1.807) is 6.08 Å². The molecule has 0 aromatic carbocycles. The second-order valence-electron chi connectivity index (χ2n) is 1.23. The molecule has 0 spiro atoms. The first-order chi connectivity index (χ1) is 3.85. The minimum atomic E-state index is 0.146. The summed E-state index contributed by atoms with van der Waals surface area (Å²) in [6.45, 7) is 1.91. The summed E-state index contributed by atoms with van der Waals surface area (Å²) in [5.74, 6) is 0.146. The van der Waals surface area contributed by atoms with Crippen LogP contribution in [0.1, 0.15) is 13.3 Å². The summed E-state index contributed by atoms with van der Waals surface area (Å²) in [4.78, 5) is 3.78. The van der Waals surface area contributed by atoms with E-state index in [2.05, 4.69) is 9.62 Å². The molecule has 0 atom stereocenters. The second kappa shape index (κ2) is 4.46. The summed E-state index contributed by atoms with van der Waals surface area (Å²) >= 11 is 0. The highest BCUT2D eigenvalue weighted by atomic mass is 17.1. The third-order valence-corrected chi connectivity index (χ3v) is 0.662. The molecule has 0 unspecified atom stereocenters. The lowest BCUT2D eigenvalue weighted by molar-refractivity contribution is -0.240. The number of rotatable bonds is 3. The molecule has 0 saturated heterocycles. The van der Waals surface area contributed by atoms with Gasteiger partial charge >= 0.3 is 5.95 Å². The van der Waals surface area contributed by atoms with E-state index in [-0.39, 0.29) is 5.95 Å². The molecule has 0 rings (SSSR count). The first-order valence-electron chi connectivity index (χ1n) is 2.40. The molecule has 0 fully saturated rings. The van der Waals surface area contributed by atoms with Crippen molar-refractivity contribution >= 4 is 0 Å². The largest absolute Gasteiger partial charge is 0.467 e. The third-order valence-electron chi connectivity index (χ3n) is 0.662. The van der Waals surface area contributed by atoms with Gasteiger partial charge in [-0.15, -0.1) is 0 Å². The SMILES string of the molecule is CCC=C(OC)OO. The Kier molecular flexibility index (Phi) is 4.07. The van der Waals surface area contributed by atoms with Crippen molar-refractivity contribution in [2.45, 2.75) is 13.3 Å². The molecule has 0 aromatic heterocycles. The zero-order valence-corrected chi connectivity index (χ0v) is 5.05. The zero-order valence-electron chi connectivity index (χ0n) is 5.05. The smallest absolute Gasteiger partial charge is 0.312 e. The van der Waals surface area contributed by atoms with Gasteiger partial charge in [-0.3, -0.25) is 0 Å². The first kappa shape index (κ1) is 7.30. The molecule has 3 heteroatoms. The molecular weight excluding hydrogens is 108 g/mol. The Morgan fingerprint density at radius 1 is 1.75 bits per heavy atom. The molecule has 3 nitrogen and oxygen atoms in total. The third kappa shape index (κ3) is 2.47. The van der Waals surface area contributed by atoms with Gasteiger partial charge in [0.25, 0.3) is 0 Å². The van der Waals surface area contributed by atoms with E-state index in [9.17, 15) is 0 Å². The lowest BCUT2D eigenvalue weighted by Gasteiger charge is -1.97. The molecule has 0 aliphatic heterocycles. The summed E-state index contributed by atoms with van der Waals surface area (Å²) in [7, 11) is 1.43. The van der Waals surface area contributed by atoms with Crippen molar-refractivity contribution in [2.24, 2.45) is 0 Å². The van der Waals surface area contributed by atoms with Gasteiger partial charge in [0, 0.05) is 0 Å². The van der Waals surface area contributed by atoms with Gasteiger partial charge in [-0.1, -0.05) is 6.92 Å². The Labute approximate surface area is 48.5 Å². The van der Waals surface area contributed by atoms with Gasteiger partial charge in [0.1, 0.15) is 0 Å². The second-order valence-corrected chi connectivity index (χ2v) is 1.23. The fourth-order valence-corrected chi connectivity index (χ4v) is 0.325. The van der Waals surface area contributed by atoms with Gasteiger partial charge in [-0.05, 0) is 12.5 Å². The molecule has 48 valence electrons. The summed E-state index contributed by atoms with van der Waals surface area (Å²) in [5, 5.41) is 7.96. The van der Waals surface area contributed by atoms with Crippen molar-refractivity contribution in [3.8, 4) is 0 Å². The predicted octanol–water partition coefficient (Wildman–Crippen LogP) is 1.37. The van der Waals surface area contributed by atoms with Crippen molar-refractivity contribution in [2.75, 3.05) is 7.11 Å². The molecule has 0 heterocycles. The van der Waals surface area contributed by atoms with Crippen molar-refractivity contribution in [3.05, 3.63) is 12.0 Å². The van der Waals surface area contributed by atoms with Gasteiger partial charge in [0.05, 0.1) is 7.11 Å². The van der Waals surface area contributed by atoms with Crippen LogP contribution >= 0.6 is 0 Å². The Morgan fingerprint density at radius 3 is 2.50 bits per heavy atom. The average molecular weight is 118 g/mol. The summed E-state index contributed by atoms with van der Waals surface area (Å²) in [6.07, 6.45) is 2.41. The lowest BCUT2D eigenvalue weighted by Crippen LogP contribution is -1.88. The maximum absolute atomic E-state index is 7.96. The van der Waals surface area contributed by atoms with E-state index in [1.165, 1.54) is 7.11 Å². The minimum Gasteiger partial charge on any atom is -0.467 e. The fourth-order valence-electron chi connectivity index (χ4n) is 0.325. The highest BCUT2D eigenvalue weighted by Crippen LogP contribution is 1.95. The highest BCUT2D eigenvalue weighted by molar-refractivity contribution is 4.79. The molecule has 0 saturated carbocycles. The normalized spacial score (nSPS) is 11.1. The number of methoxy groups -OCH3 is 1. The summed E-state index contributed by atoms with van der Waals surface area (Å²) < 4.78 is 4.53. The number of ether oxygens (including phenoxy) is 1. The maximum Gasteiger partial charge on any atom is 0.312 e. The van der Waals surface area contributed by atoms with Crippen molar-refractivity contribution in [3.63, 3.8) is 0 Å². The van der Waals surface area contributed by atoms with E-state index in [4.69, 9.17) is 5.26 Å². The van der Waals surface area contributed by atoms with Crippen LogP contribution < -0.4 is 0 Å². The quantitative estimate of drug-likeness (QED) is 0.345. The molecule has 8 heavy (non-hydrogen) atoms. The molecule has 0 aliphatic carbocycles. The van der Waals surface area contributed by atoms with Crippen LogP contribution in [0.25, 0.3) is 0 Å². The number of hydrogen-bond acceptors (Lipinski definition) is 3. The molecule has 1 N–H and O–H groups in total. The van der Waals surface area contributed by atoms with Crippen LogP contribution in [0.3, 0.4) is 0 Å². The van der Waals surface area contributed by atoms with Crippen molar-refractivity contribution in [1.29, 1.82) is 0 Å². The van der Waals surface area contributed by atoms with E-state index in [0.717, 1.165) is 6.42 Å². The van der Waals surface area contributed by atoms with Gasteiger partial charge in [-0.25, -0.2) is 0 Å². The van der Waals surface area contributed by atoms with Crippen molar-refractivity contribution < 1.29 is 14.9 Å². The first-order valence-corrected chi connectivity index (χ1v) is 2.40. The predicted molar refractivity (Wildman–Crippen MR) is 29.1 cm³/mol. The van der Waals surface area contributed by atoms with Crippen LogP contribution in [-0.2, 0) is 9.62 Å². The highest BCUT2D eigenvalue weighted by Gasteiger charge is 1.89. The summed E-state index contributed by atoms with van der Waals surface area (Å²) in [6, 6.07) is 0. The van der Waals surface area contributed by atoms with Crippen LogP contribution in [0.15, 0.2) is 12.0 Å². The fraction of sp³-hybridized carbons (Fsp3) is 0.600. The van der Waals surface area contributed by atoms with E-state index >= 15 is 0 Å². The Bertz CT molecular complexity index is 71.7. The van der Waals surface area contributed by atoms with E-state index in [0.29, 0.717) is 0 Å². The number of hydrogen-bond donors (Lipinski definition) is 1. The van der Waals surface area contributed by atoms with Crippen LogP contribution in [0, 0.1) is 0 Å². The van der Waals surface area contributed by atoms with Crippen LogP contribution in [0.2, 0.25) is 0 Å². The topological polar surface area (TPSA) is 38.7 Å². The van der Waals surface area contributed by atoms with Crippen LogP contribution in [-0.4, -0.2) is 12.4 Å². The van der Waals surface area contributed by atoms with Gasteiger partial charge in [0.15, 0.2) is 0 Å². The van der Waals surface area contributed by atoms with Crippen LogP contribution in [0.4, 0.5) is 0 Å². The Morgan fingerprint density at radius 2 is 2.38 bits per heavy atom. The van der Waals surface area contributed by atoms with Gasteiger partial charge in [-0.2, -0.15) is 5.26 Å². The van der Waals surface area contributed by atoms with Gasteiger partial charge in [0.2, 0.25) is 0 Å².